The van der Waals surface area contributed by atoms with Crippen molar-refractivity contribution in [2.75, 3.05) is 7.11 Å². The number of hydrogen-bond acceptors (Lipinski definition) is 8. The Hall–Kier alpha value is -3.21. The normalized spacial score (nSPS) is 14.8. The average molecular weight is 482 g/mol. The Morgan fingerprint density at radius 3 is 2.32 bits per heavy atom. The second-order valence-electron chi connectivity index (χ2n) is 9.07. The van der Waals surface area contributed by atoms with Gasteiger partial charge in [-0.2, -0.15) is 0 Å². The van der Waals surface area contributed by atoms with Crippen LogP contribution in [0.1, 0.15) is 53.0 Å². The number of carbonyl (C=O) groups excluding carboxylic acids is 3. The second-order valence-corrected chi connectivity index (χ2v) is 9.07. The maximum atomic E-state index is 12.6. The molecule has 11 heteroatoms. The maximum absolute atomic E-state index is 12.6. The number of para-hydroxylation sites is 1. The summed E-state index contributed by atoms with van der Waals surface area (Å²) in [5.41, 5.74) is -0.738. The fourth-order valence-corrected chi connectivity index (χ4v) is 3.20. The summed E-state index contributed by atoms with van der Waals surface area (Å²) in [4.78, 5) is 47.9. The van der Waals surface area contributed by atoms with Crippen LogP contribution in [0.4, 0.5) is 10.5 Å². The zero-order valence-electron chi connectivity index (χ0n) is 20.5. The van der Waals surface area contributed by atoms with E-state index in [1.54, 1.807) is 33.8 Å². The van der Waals surface area contributed by atoms with E-state index in [2.05, 4.69) is 10.6 Å². The van der Waals surface area contributed by atoms with Crippen LogP contribution >= 0.6 is 0 Å². The van der Waals surface area contributed by atoms with Gasteiger partial charge in [-0.3, -0.25) is 14.9 Å². The van der Waals surface area contributed by atoms with Gasteiger partial charge in [0.05, 0.1) is 30.6 Å². The van der Waals surface area contributed by atoms with Gasteiger partial charge in [0.15, 0.2) is 0 Å². The molecule has 1 unspecified atom stereocenters. The minimum atomic E-state index is -1.43. The molecule has 3 N–H and O–H groups in total. The second kappa shape index (κ2) is 12.9. The Kier molecular flexibility index (Phi) is 10.9. The molecule has 1 aromatic carbocycles. The van der Waals surface area contributed by atoms with Gasteiger partial charge in [-0.1, -0.05) is 38.5 Å². The fourth-order valence-electron chi connectivity index (χ4n) is 3.20. The predicted molar refractivity (Wildman–Crippen MR) is 124 cm³/mol. The number of esters is 1. The van der Waals surface area contributed by atoms with Crippen LogP contribution in [0.5, 0.6) is 0 Å². The van der Waals surface area contributed by atoms with Crippen molar-refractivity contribution in [3.63, 3.8) is 0 Å². The minimum absolute atomic E-state index is 0.128. The number of nitrogens with one attached hydrogen (secondary N) is 2. The third kappa shape index (κ3) is 9.34. The average Bonchev–Trinajstić information content (AvgIpc) is 2.74. The summed E-state index contributed by atoms with van der Waals surface area (Å²) in [5, 5.41) is 27.3. The van der Waals surface area contributed by atoms with E-state index in [-0.39, 0.29) is 23.6 Å². The summed E-state index contributed by atoms with van der Waals surface area (Å²) in [5.74, 6) is -1.46. The summed E-state index contributed by atoms with van der Waals surface area (Å²) in [6.45, 7) is 8.62. The number of methoxy groups -OCH3 is 1. The molecule has 1 aromatic rings. The molecule has 0 heterocycles. The van der Waals surface area contributed by atoms with E-state index in [1.807, 2.05) is 6.92 Å². The molecule has 0 aliphatic carbocycles. The highest BCUT2D eigenvalue weighted by Gasteiger charge is 2.31. The Labute approximate surface area is 199 Å². The standard InChI is InChI=1S/C23H35N3O8/c1-7-14(2)20(21(29)33-6)25-19(28)13-18(27)16(24-22(30)34-23(3,4)5)12-15-10-8-9-11-17(15)26(31)32/h8-11,14,16,18,20,27H,7,12-13H2,1-6H3,(H,24,30)(H,25,28)/t14-,16+,18?,20+/m1/s1. The van der Waals surface area contributed by atoms with Crippen molar-refractivity contribution in [3.8, 4) is 0 Å². The zero-order chi connectivity index (χ0) is 26.1. The molecule has 34 heavy (non-hydrogen) atoms. The molecule has 11 nitrogen and oxygen atoms in total. The van der Waals surface area contributed by atoms with Crippen LogP contribution in [0.25, 0.3) is 0 Å². The number of hydrogen-bond donors (Lipinski definition) is 3. The molecule has 0 aromatic heterocycles. The van der Waals surface area contributed by atoms with E-state index in [4.69, 9.17) is 9.47 Å². The van der Waals surface area contributed by atoms with E-state index < -0.39 is 53.1 Å². The molecule has 0 aliphatic rings. The van der Waals surface area contributed by atoms with E-state index in [0.29, 0.717) is 6.42 Å². The van der Waals surface area contributed by atoms with Crippen molar-refractivity contribution in [2.24, 2.45) is 5.92 Å². The first-order chi connectivity index (χ1) is 15.8. The summed E-state index contributed by atoms with van der Waals surface area (Å²) in [6, 6.07) is 3.93. The molecule has 0 aliphatic heterocycles. The first-order valence-electron chi connectivity index (χ1n) is 11.1. The molecular formula is C23H35N3O8. The van der Waals surface area contributed by atoms with Gasteiger partial charge < -0.3 is 25.2 Å². The molecule has 4 atom stereocenters. The number of carbonyl (C=O) groups is 3. The lowest BCUT2D eigenvalue weighted by Crippen LogP contribution is -2.50. The Bertz CT molecular complexity index is 868. The topological polar surface area (TPSA) is 157 Å². The van der Waals surface area contributed by atoms with E-state index in [0.717, 1.165) is 0 Å². The van der Waals surface area contributed by atoms with Crippen LogP contribution in [-0.4, -0.2) is 58.9 Å². The van der Waals surface area contributed by atoms with Gasteiger partial charge in [-0.25, -0.2) is 9.59 Å². The van der Waals surface area contributed by atoms with Crippen LogP contribution in [-0.2, 0) is 25.5 Å². The highest BCUT2D eigenvalue weighted by atomic mass is 16.6. The largest absolute Gasteiger partial charge is 0.467 e. The molecule has 190 valence electrons. The summed E-state index contributed by atoms with van der Waals surface area (Å²) in [6.07, 6.45) is -2.27. The molecule has 1 rings (SSSR count). The molecule has 0 fully saturated rings. The van der Waals surface area contributed by atoms with E-state index in [1.165, 1.54) is 25.3 Å². The number of nitro benzene ring substituents is 1. The van der Waals surface area contributed by atoms with Crippen LogP contribution in [0.3, 0.4) is 0 Å². The fraction of sp³-hybridized carbons (Fsp3) is 0.609. The number of nitrogens with zero attached hydrogens (tertiary/aromatic N) is 1. The van der Waals surface area contributed by atoms with Gasteiger partial charge in [-0.15, -0.1) is 0 Å². The number of benzene rings is 1. The SMILES string of the molecule is CC[C@@H](C)[C@H](NC(=O)CC(O)[C@H](Cc1ccccc1[N+](=O)[O-])NC(=O)OC(C)(C)C)C(=O)OC. The highest BCUT2D eigenvalue weighted by molar-refractivity contribution is 5.85. The van der Waals surface area contributed by atoms with Crippen molar-refractivity contribution in [1.29, 1.82) is 0 Å². The summed E-state index contributed by atoms with van der Waals surface area (Å²) >= 11 is 0. The summed E-state index contributed by atoms with van der Waals surface area (Å²) in [7, 11) is 1.21. The number of nitro groups is 1. The maximum Gasteiger partial charge on any atom is 0.407 e. The lowest BCUT2D eigenvalue weighted by Gasteiger charge is -2.27. The van der Waals surface area contributed by atoms with Gasteiger partial charge >= 0.3 is 12.1 Å². The third-order valence-electron chi connectivity index (χ3n) is 5.17. The van der Waals surface area contributed by atoms with Crippen LogP contribution < -0.4 is 10.6 Å². The number of aliphatic hydroxyl groups is 1. The van der Waals surface area contributed by atoms with Crippen LogP contribution in [0.15, 0.2) is 24.3 Å². The number of aliphatic hydroxyl groups excluding tert-OH is 1. The van der Waals surface area contributed by atoms with Crippen LogP contribution in [0, 0.1) is 16.0 Å². The first kappa shape index (κ1) is 28.8. The van der Waals surface area contributed by atoms with Crippen molar-refractivity contribution < 1.29 is 33.9 Å². The van der Waals surface area contributed by atoms with E-state index >= 15 is 0 Å². The van der Waals surface area contributed by atoms with Gasteiger partial charge in [0.25, 0.3) is 5.69 Å². The third-order valence-corrected chi connectivity index (χ3v) is 5.17. The van der Waals surface area contributed by atoms with E-state index in [9.17, 15) is 29.6 Å². The van der Waals surface area contributed by atoms with Crippen LogP contribution in [0.2, 0.25) is 0 Å². The molecule has 0 spiro atoms. The first-order valence-corrected chi connectivity index (χ1v) is 11.1. The number of rotatable bonds is 11. The van der Waals surface area contributed by atoms with Gasteiger partial charge in [-0.05, 0) is 26.7 Å². The highest BCUT2D eigenvalue weighted by Crippen LogP contribution is 2.21. The Balaban J connectivity index is 3.08. The van der Waals surface area contributed by atoms with Gasteiger partial charge in [0, 0.05) is 18.1 Å². The van der Waals surface area contributed by atoms with Crippen molar-refractivity contribution in [2.45, 2.75) is 77.7 Å². The molecule has 0 radical (unpaired) electrons. The van der Waals surface area contributed by atoms with Crippen molar-refractivity contribution in [1.82, 2.24) is 10.6 Å². The quantitative estimate of drug-likeness (QED) is 0.247. The van der Waals surface area contributed by atoms with Gasteiger partial charge in [0.1, 0.15) is 11.6 Å². The molecule has 0 saturated heterocycles. The molecule has 0 bridgehead atoms. The molecule has 0 saturated carbocycles. The zero-order valence-corrected chi connectivity index (χ0v) is 20.5. The lowest BCUT2D eigenvalue weighted by atomic mass is 9.96. The smallest absolute Gasteiger partial charge is 0.407 e. The minimum Gasteiger partial charge on any atom is -0.467 e. The number of amides is 2. The molecule has 2 amide bonds. The summed E-state index contributed by atoms with van der Waals surface area (Å²) < 4.78 is 9.99. The molecular weight excluding hydrogens is 446 g/mol. The van der Waals surface area contributed by atoms with Crippen molar-refractivity contribution in [3.05, 3.63) is 39.9 Å². The monoisotopic (exact) mass is 481 g/mol. The van der Waals surface area contributed by atoms with Gasteiger partial charge in [0.2, 0.25) is 5.91 Å². The lowest BCUT2D eigenvalue weighted by molar-refractivity contribution is -0.385. The Morgan fingerprint density at radius 2 is 1.79 bits per heavy atom. The Morgan fingerprint density at radius 1 is 1.18 bits per heavy atom. The van der Waals surface area contributed by atoms with Crippen molar-refractivity contribution >= 4 is 23.7 Å². The number of ether oxygens (including phenoxy) is 2. The number of alkyl carbamates (subject to hydrolysis) is 1. The predicted octanol–water partition coefficient (Wildman–Crippen LogP) is 2.49.